The maximum absolute atomic E-state index is 4.60. The van der Waals surface area contributed by atoms with Gasteiger partial charge in [-0.3, -0.25) is 4.68 Å². The van der Waals surface area contributed by atoms with Gasteiger partial charge < -0.3 is 5.32 Å². The van der Waals surface area contributed by atoms with Gasteiger partial charge in [-0.1, -0.05) is 34.1 Å². The molecular formula is C16H30BrN3. The third kappa shape index (κ3) is 5.21. The van der Waals surface area contributed by atoms with Crippen molar-refractivity contribution in [2.45, 2.75) is 53.4 Å². The molecule has 0 aromatic carbocycles. The van der Waals surface area contributed by atoms with Crippen LogP contribution in [0.1, 0.15) is 51.9 Å². The van der Waals surface area contributed by atoms with Gasteiger partial charge in [0.1, 0.15) is 0 Å². The number of rotatable bonds is 9. The summed E-state index contributed by atoms with van der Waals surface area (Å²) in [5.74, 6) is 1.41. The van der Waals surface area contributed by atoms with Crippen LogP contribution in [0.25, 0.3) is 0 Å². The van der Waals surface area contributed by atoms with E-state index in [2.05, 4.69) is 61.1 Å². The van der Waals surface area contributed by atoms with Gasteiger partial charge in [0.15, 0.2) is 0 Å². The van der Waals surface area contributed by atoms with Gasteiger partial charge in [0.05, 0.1) is 15.9 Å². The average molecular weight is 344 g/mol. The number of halogens is 1. The van der Waals surface area contributed by atoms with Crippen LogP contribution in [0.2, 0.25) is 0 Å². The number of aryl methyl sites for hydroxylation is 2. The molecule has 1 aromatic heterocycles. The van der Waals surface area contributed by atoms with Crippen LogP contribution in [-0.2, 0) is 19.9 Å². The molecule has 0 aliphatic carbocycles. The molecule has 3 nitrogen and oxygen atoms in total. The van der Waals surface area contributed by atoms with Crippen molar-refractivity contribution in [1.82, 2.24) is 15.1 Å². The van der Waals surface area contributed by atoms with Crippen molar-refractivity contribution in [3.8, 4) is 0 Å². The Morgan fingerprint density at radius 3 is 2.45 bits per heavy atom. The van der Waals surface area contributed by atoms with E-state index in [9.17, 15) is 0 Å². The highest BCUT2D eigenvalue weighted by atomic mass is 79.9. The van der Waals surface area contributed by atoms with E-state index in [1.807, 2.05) is 4.68 Å². The summed E-state index contributed by atoms with van der Waals surface area (Å²) in [5, 5.41) is 8.20. The maximum atomic E-state index is 4.60. The van der Waals surface area contributed by atoms with E-state index < -0.39 is 0 Å². The molecule has 0 radical (unpaired) electrons. The average Bonchev–Trinajstić information content (AvgIpc) is 2.65. The smallest absolute Gasteiger partial charge is 0.0766 e. The molecule has 1 atom stereocenters. The summed E-state index contributed by atoms with van der Waals surface area (Å²) in [6.45, 7) is 11.1. The SMILES string of the molecule is CCCC(CNCC(C)C)Cc1c(Br)c(CC)nn1C. The number of aromatic nitrogens is 2. The number of hydrogen-bond acceptors (Lipinski definition) is 2. The highest BCUT2D eigenvalue weighted by Gasteiger charge is 2.17. The molecule has 0 amide bonds. The van der Waals surface area contributed by atoms with Crippen molar-refractivity contribution < 1.29 is 0 Å². The highest BCUT2D eigenvalue weighted by Crippen LogP contribution is 2.25. The summed E-state index contributed by atoms with van der Waals surface area (Å²) in [4.78, 5) is 0. The molecule has 0 bridgehead atoms. The molecule has 1 heterocycles. The van der Waals surface area contributed by atoms with Crippen molar-refractivity contribution >= 4 is 15.9 Å². The predicted molar refractivity (Wildman–Crippen MR) is 90.1 cm³/mol. The molecular weight excluding hydrogens is 314 g/mol. The monoisotopic (exact) mass is 343 g/mol. The van der Waals surface area contributed by atoms with Crippen LogP contribution in [0, 0.1) is 11.8 Å². The fourth-order valence-corrected chi connectivity index (χ4v) is 3.35. The molecule has 0 spiro atoms. The first kappa shape index (κ1) is 17.7. The minimum absolute atomic E-state index is 0.690. The fourth-order valence-electron chi connectivity index (χ4n) is 2.58. The van der Waals surface area contributed by atoms with E-state index in [-0.39, 0.29) is 0 Å². The third-order valence-electron chi connectivity index (χ3n) is 3.67. The topological polar surface area (TPSA) is 29.9 Å². The van der Waals surface area contributed by atoms with Gasteiger partial charge in [0.2, 0.25) is 0 Å². The third-order valence-corrected chi connectivity index (χ3v) is 4.58. The summed E-state index contributed by atoms with van der Waals surface area (Å²) < 4.78 is 3.26. The molecule has 0 saturated heterocycles. The van der Waals surface area contributed by atoms with Gasteiger partial charge in [-0.15, -0.1) is 0 Å². The molecule has 20 heavy (non-hydrogen) atoms. The number of hydrogen-bond donors (Lipinski definition) is 1. The van der Waals surface area contributed by atoms with Gasteiger partial charge >= 0.3 is 0 Å². The summed E-state index contributed by atoms with van der Waals surface area (Å²) >= 11 is 3.73. The van der Waals surface area contributed by atoms with E-state index >= 15 is 0 Å². The molecule has 1 unspecified atom stereocenters. The second-order valence-corrected chi connectivity index (χ2v) is 6.89. The first-order valence-corrected chi connectivity index (χ1v) is 8.69. The van der Waals surface area contributed by atoms with Crippen LogP contribution < -0.4 is 5.32 Å². The highest BCUT2D eigenvalue weighted by molar-refractivity contribution is 9.10. The molecule has 0 aliphatic heterocycles. The van der Waals surface area contributed by atoms with Crippen LogP contribution in [0.5, 0.6) is 0 Å². The lowest BCUT2D eigenvalue weighted by atomic mass is 9.97. The van der Waals surface area contributed by atoms with Gasteiger partial charge in [0, 0.05) is 7.05 Å². The largest absolute Gasteiger partial charge is 0.316 e. The van der Waals surface area contributed by atoms with E-state index in [1.165, 1.54) is 28.7 Å². The van der Waals surface area contributed by atoms with Crippen molar-refractivity contribution in [3.05, 3.63) is 15.9 Å². The summed E-state index contributed by atoms with van der Waals surface area (Å²) in [6, 6.07) is 0. The molecule has 116 valence electrons. The molecule has 0 aliphatic rings. The van der Waals surface area contributed by atoms with Gasteiger partial charge in [-0.2, -0.15) is 5.10 Å². The quantitative estimate of drug-likeness (QED) is 0.735. The second-order valence-electron chi connectivity index (χ2n) is 6.10. The van der Waals surface area contributed by atoms with E-state index in [1.54, 1.807) is 0 Å². The lowest BCUT2D eigenvalue weighted by molar-refractivity contribution is 0.412. The summed E-state index contributed by atoms with van der Waals surface area (Å²) in [5.41, 5.74) is 2.51. The first-order chi connectivity index (χ1) is 9.49. The minimum atomic E-state index is 0.690. The van der Waals surface area contributed by atoms with Crippen molar-refractivity contribution in [3.63, 3.8) is 0 Å². The Labute approximate surface area is 132 Å². The standard InChI is InChI=1S/C16H30BrN3/c1-6-8-13(11-18-10-12(3)4)9-15-16(17)14(7-2)19-20(15)5/h12-13,18H,6-11H2,1-5H3. The Hall–Kier alpha value is -0.350. The van der Waals surface area contributed by atoms with E-state index in [4.69, 9.17) is 0 Å². The number of nitrogens with zero attached hydrogens (tertiary/aromatic N) is 2. The van der Waals surface area contributed by atoms with E-state index in [0.29, 0.717) is 11.8 Å². The van der Waals surface area contributed by atoms with Crippen LogP contribution in [0.15, 0.2) is 4.47 Å². The Bertz CT molecular complexity index is 399. The Kier molecular flexibility index (Phi) is 7.82. The molecule has 1 N–H and O–H groups in total. The Morgan fingerprint density at radius 2 is 1.95 bits per heavy atom. The first-order valence-electron chi connectivity index (χ1n) is 7.90. The van der Waals surface area contributed by atoms with Crippen molar-refractivity contribution in [1.29, 1.82) is 0 Å². The van der Waals surface area contributed by atoms with Crippen molar-refractivity contribution in [2.75, 3.05) is 13.1 Å². The molecule has 4 heteroatoms. The molecule has 1 aromatic rings. The molecule has 0 saturated carbocycles. The van der Waals surface area contributed by atoms with E-state index in [0.717, 1.165) is 25.9 Å². The Balaban J connectivity index is 2.67. The summed E-state index contributed by atoms with van der Waals surface area (Å²) in [7, 11) is 2.06. The zero-order valence-corrected chi connectivity index (χ0v) is 15.3. The van der Waals surface area contributed by atoms with Crippen LogP contribution in [0.4, 0.5) is 0 Å². The Morgan fingerprint density at radius 1 is 1.25 bits per heavy atom. The normalized spacial score (nSPS) is 13.2. The van der Waals surface area contributed by atoms with Crippen LogP contribution in [0.3, 0.4) is 0 Å². The zero-order chi connectivity index (χ0) is 15.1. The molecule has 1 rings (SSSR count). The summed E-state index contributed by atoms with van der Waals surface area (Å²) in [6.07, 6.45) is 4.59. The second kappa shape index (κ2) is 8.83. The zero-order valence-electron chi connectivity index (χ0n) is 13.7. The molecule has 0 fully saturated rings. The number of nitrogens with one attached hydrogen (secondary N) is 1. The lowest BCUT2D eigenvalue weighted by Gasteiger charge is -2.18. The van der Waals surface area contributed by atoms with Crippen molar-refractivity contribution in [2.24, 2.45) is 18.9 Å². The fraction of sp³-hybridized carbons (Fsp3) is 0.812. The lowest BCUT2D eigenvalue weighted by Crippen LogP contribution is -2.28. The van der Waals surface area contributed by atoms with Crippen LogP contribution in [-0.4, -0.2) is 22.9 Å². The van der Waals surface area contributed by atoms with Gasteiger partial charge in [-0.05, 0) is 60.1 Å². The van der Waals surface area contributed by atoms with Gasteiger partial charge in [-0.25, -0.2) is 0 Å². The van der Waals surface area contributed by atoms with Gasteiger partial charge in [0.25, 0.3) is 0 Å². The maximum Gasteiger partial charge on any atom is 0.0766 e. The van der Waals surface area contributed by atoms with Crippen LogP contribution >= 0.6 is 15.9 Å². The predicted octanol–water partition coefficient (Wildman–Crippen LogP) is 3.95. The minimum Gasteiger partial charge on any atom is -0.316 e.